The number of alkyl halides is 2. The topological polar surface area (TPSA) is 0 Å². The lowest BCUT2D eigenvalue weighted by Gasteiger charge is -1.50. The summed E-state index contributed by atoms with van der Waals surface area (Å²) < 4.78 is 0. The maximum absolute atomic E-state index is 4.73. The highest BCUT2D eigenvalue weighted by molar-refractivity contribution is 9.09. The van der Waals surface area contributed by atoms with E-state index in [4.69, 9.17) is 12.8 Å². The minimum atomic E-state index is 0.660. The molecule has 0 aromatic carbocycles. The van der Waals surface area contributed by atoms with Gasteiger partial charge in [0.15, 0.2) is 0 Å². The van der Waals surface area contributed by atoms with Crippen LogP contribution in [-0.4, -0.2) is 10.7 Å². The molecule has 44 valence electrons. The molecule has 2 heteroatoms. The van der Waals surface area contributed by atoms with Crippen molar-refractivity contribution < 1.29 is 0 Å². The SMILES string of the molecule is C#CCBr.C#CCBr. The van der Waals surface area contributed by atoms with Gasteiger partial charge >= 0.3 is 0 Å². The Hall–Kier alpha value is 0.0800. The van der Waals surface area contributed by atoms with E-state index in [2.05, 4.69) is 43.7 Å². The second kappa shape index (κ2) is 15.7. The monoisotopic (exact) mass is 236 g/mol. The molecule has 0 aromatic heterocycles. The van der Waals surface area contributed by atoms with E-state index in [0.717, 1.165) is 0 Å². The molecule has 0 fully saturated rings. The summed E-state index contributed by atoms with van der Waals surface area (Å²) in [4.78, 5) is 0. The van der Waals surface area contributed by atoms with Crippen LogP contribution in [0, 0.1) is 24.7 Å². The molecule has 0 rings (SSSR count). The molecule has 0 spiro atoms. The first-order valence-corrected chi connectivity index (χ1v) is 4.06. The molecule has 0 N–H and O–H groups in total. The van der Waals surface area contributed by atoms with E-state index in [1.54, 1.807) is 0 Å². The lowest BCUT2D eigenvalue weighted by atomic mass is 10.9. The fourth-order valence-corrected chi connectivity index (χ4v) is 0. The molecule has 0 aromatic rings. The average Bonchev–Trinajstić information content (AvgIpc) is 1.88. The standard InChI is InChI=1S/2C3H3Br/c2*1-2-3-4/h2*1H,3H2. The van der Waals surface area contributed by atoms with Gasteiger partial charge in [0, 0.05) is 0 Å². The average molecular weight is 238 g/mol. The Balaban J connectivity index is 0. The molecule has 0 aliphatic heterocycles. The molecule has 0 aliphatic carbocycles. The second-order valence-corrected chi connectivity index (χ2v) is 1.80. The smallest absolute Gasteiger partial charge is 0.0642 e. The third kappa shape index (κ3) is 36.3. The summed E-state index contributed by atoms with van der Waals surface area (Å²) >= 11 is 6.02. The van der Waals surface area contributed by atoms with Crippen LogP contribution in [-0.2, 0) is 0 Å². The zero-order chi connectivity index (χ0) is 6.83. The molecule has 0 amide bonds. The number of hydrogen-bond donors (Lipinski definition) is 0. The Bertz CT molecular complexity index is 80.1. The summed E-state index contributed by atoms with van der Waals surface area (Å²) in [6.07, 6.45) is 9.46. The molecule has 0 aliphatic rings. The van der Waals surface area contributed by atoms with E-state index in [9.17, 15) is 0 Å². The van der Waals surface area contributed by atoms with Crippen LogP contribution in [0.4, 0.5) is 0 Å². The summed E-state index contributed by atoms with van der Waals surface area (Å²) in [5, 5.41) is 1.32. The highest BCUT2D eigenvalue weighted by atomic mass is 79.9. The predicted molar refractivity (Wildman–Crippen MR) is 45.3 cm³/mol. The first-order valence-electron chi connectivity index (χ1n) is 1.82. The molecule has 0 saturated carbocycles. The Morgan fingerprint density at radius 1 is 1.00 bits per heavy atom. The largest absolute Gasteiger partial charge is 0.119 e. The van der Waals surface area contributed by atoms with Crippen molar-refractivity contribution >= 4 is 31.9 Å². The van der Waals surface area contributed by atoms with Crippen molar-refractivity contribution in [2.45, 2.75) is 0 Å². The van der Waals surface area contributed by atoms with Gasteiger partial charge in [-0.2, -0.15) is 0 Å². The number of rotatable bonds is 0. The fourth-order valence-electron chi connectivity index (χ4n) is 0. The Labute approximate surface area is 67.3 Å². The van der Waals surface area contributed by atoms with Gasteiger partial charge in [-0.25, -0.2) is 0 Å². The minimum Gasteiger partial charge on any atom is -0.119 e. The van der Waals surface area contributed by atoms with Gasteiger partial charge in [-0.15, -0.1) is 12.8 Å². The van der Waals surface area contributed by atoms with Crippen LogP contribution in [0.1, 0.15) is 0 Å². The third-order valence-electron chi connectivity index (χ3n) is 0.154. The molecular weight excluding hydrogens is 232 g/mol. The predicted octanol–water partition coefficient (Wildman–Crippen LogP) is 2.03. The highest BCUT2D eigenvalue weighted by Crippen LogP contribution is 1.68. The van der Waals surface area contributed by atoms with Crippen molar-refractivity contribution in [3.63, 3.8) is 0 Å². The van der Waals surface area contributed by atoms with Crippen LogP contribution in [0.15, 0.2) is 0 Å². The molecule has 0 saturated heterocycles. The van der Waals surface area contributed by atoms with Crippen molar-refractivity contribution in [3.05, 3.63) is 0 Å². The second-order valence-electron chi connectivity index (χ2n) is 0.676. The van der Waals surface area contributed by atoms with E-state index in [1.807, 2.05) is 0 Å². The van der Waals surface area contributed by atoms with Crippen molar-refractivity contribution in [2.24, 2.45) is 0 Å². The van der Waals surface area contributed by atoms with Crippen LogP contribution >= 0.6 is 31.9 Å². The molecule has 0 atom stereocenters. The fraction of sp³-hybridized carbons (Fsp3) is 0.333. The minimum absolute atomic E-state index is 0.660. The number of terminal acetylenes is 2. The summed E-state index contributed by atoms with van der Waals surface area (Å²) in [7, 11) is 0. The van der Waals surface area contributed by atoms with Gasteiger partial charge in [-0.3, -0.25) is 0 Å². The molecule has 0 bridgehead atoms. The van der Waals surface area contributed by atoms with Crippen LogP contribution in [0.3, 0.4) is 0 Å². The van der Waals surface area contributed by atoms with Crippen molar-refractivity contribution in [2.75, 3.05) is 10.7 Å². The molecule has 0 unspecified atom stereocenters. The third-order valence-corrected chi connectivity index (χ3v) is 0.802. The number of halogens is 2. The van der Waals surface area contributed by atoms with Crippen LogP contribution in [0.2, 0.25) is 0 Å². The maximum atomic E-state index is 4.73. The van der Waals surface area contributed by atoms with Gasteiger partial charge in [-0.05, 0) is 0 Å². The van der Waals surface area contributed by atoms with Crippen LogP contribution in [0.25, 0.3) is 0 Å². The lowest BCUT2D eigenvalue weighted by Crippen LogP contribution is -1.45. The molecule has 8 heavy (non-hydrogen) atoms. The zero-order valence-corrected chi connectivity index (χ0v) is 7.50. The highest BCUT2D eigenvalue weighted by Gasteiger charge is 1.46. The van der Waals surface area contributed by atoms with Crippen molar-refractivity contribution in [1.29, 1.82) is 0 Å². The molecule has 0 radical (unpaired) electrons. The van der Waals surface area contributed by atoms with Crippen LogP contribution in [0.5, 0.6) is 0 Å². The lowest BCUT2D eigenvalue weighted by molar-refractivity contribution is 2.02. The van der Waals surface area contributed by atoms with Crippen LogP contribution < -0.4 is 0 Å². The summed E-state index contributed by atoms with van der Waals surface area (Å²) in [5.41, 5.74) is 0. The number of hydrogen-bond acceptors (Lipinski definition) is 0. The van der Waals surface area contributed by atoms with Gasteiger partial charge in [0.1, 0.15) is 0 Å². The Kier molecular flexibility index (Phi) is 21.5. The van der Waals surface area contributed by atoms with Gasteiger partial charge in [0.2, 0.25) is 0 Å². The van der Waals surface area contributed by atoms with E-state index < -0.39 is 0 Å². The van der Waals surface area contributed by atoms with Crippen molar-refractivity contribution in [1.82, 2.24) is 0 Å². The summed E-state index contributed by atoms with van der Waals surface area (Å²) in [6, 6.07) is 0. The van der Waals surface area contributed by atoms with E-state index in [0.29, 0.717) is 10.7 Å². The van der Waals surface area contributed by atoms with E-state index in [1.165, 1.54) is 0 Å². The Morgan fingerprint density at radius 3 is 1.12 bits per heavy atom. The quantitative estimate of drug-likeness (QED) is 0.447. The maximum Gasteiger partial charge on any atom is 0.0642 e. The van der Waals surface area contributed by atoms with E-state index in [-0.39, 0.29) is 0 Å². The summed E-state index contributed by atoms with van der Waals surface area (Å²) in [5.74, 6) is 4.69. The first kappa shape index (κ1) is 11.0. The first-order chi connectivity index (χ1) is 3.83. The molecular formula is C6H6Br2. The van der Waals surface area contributed by atoms with Gasteiger partial charge in [0.25, 0.3) is 0 Å². The molecule has 0 heterocycles. The zero-order valence-electron chi connectivity index (χ0n) is 4.32. The van der Waals surface area contributed by atoms with Crippen molar-refractivity contribution in [3.8, 4) is 24.7 Å². The van der Waals surface area contributed by atoms with Gasteiger partial charge in [0.05, 0.1) is 10.7 Å². The van der Waals surface area contributed by atoms with E-state index >= 15 is 0 Å². The normalized spacial score (nSPS) is 5.00. The summed E-state index contributed by atoms with van der Waals surface area (Å²) in [6.45, 7) is 0. The van der Waals surface area contributed by atoms with Gasteiger partial charge < -0.3 is 0 Å². The van der Waals surface area contributed by atoms with Gasteiger partial charge in [-0.1, -0.05) is 43.7 Å². The Morgan fingerprint density at radius 2 is 1.12 bits per heavy atom. The molecule has 0 nitrogen and oxygen atoms in total.